The van der Waals surface area contributed by atoms with Crippen LogP contribution in [-0.2, 0) is 0 Å². The number of nitrogens with zero attached hydrogens (tertiary/aromatic N) is 1. The zero-order valence-electron chi connectivity index (χ0n) is 6.32. The number of carbonyl (C=O) groups is 1. The van der Waals surface area contributed by atoms with Crippen molar-refractivity contribution in [3.8, 4) is 0 Å². The molecule has 0 spiro atoms. The average molecular weight is 150 g/mol. The van der Waals surface area contributed by atoms with Crippen LogP contribution in [0.1, 0.15) is 17.3 Å². The van der Waals surface area contributed by atoms with Gasteiger partial charge in [0.15, 0.2) is 5.78 Å². The molecule has 0 amide bonds. The summed E-state index contributed by atoms with van der Waals surface area (Å²) in [5, 5.41) is 0. The highest BCUT2D eigenvalue weighted by Crippen LogP contribution is 1.99. The molecule has 1 aromatic rings. The van der Waals surface area contributed by atoms with Gasteiger partial charge in [0.25, 0.3) is 0 Å². The first-order valence-corrected chi connectivity index (χ1v) is 3.41. The Morgan fingerprint density at radius 3 is 2.55 bits per heavy atom. The predicted molar refractivity (Wildman–Crippen MR) is 42.2 cm³/mol. The fraction of sp³-hybridized carbons (Fsp3) is 0.250. The molecule has 0 bridgehead atoms. The zero-order valence-corrected chi connectivity index (χ0v) is 6.32. The summed E-state index contributed by atoms with van der Waals surface area (Å²) in [7, 11) is 0. The monoisotopic (exact) mass is 150 g/mol. The van der Waals surface area contributed by atoms with Crippen LogP contribution >= 0.6 is 0 Å². The van der Waals surface area contributed by atoms with E-state index in [1.807, 2.05) is 0 Å². The number of ketones is 1. The maximum absolute atomic E-state index is 11.2. The molecule has 3 heteroatoms. The molecule has 1 rings (SSSR count). The maximum Gasteiger partial charge on any atom is 0.179 e. The molecule has 3 nitrogen and oxygen atoms in total. The van der Waals surface area contributed by atoms with Gasteiger partial charge in [-0.15, -0.1) is 0 Å². The average Bonchev–Trinajstić information content (AvgIpc) is 2.05. The van der Waals surface area contributed by atoms with Gasteiger partial charge in [0, 0.05) is 18.0 Å². The van der Waals surface area contributed by atoms with Crippen LogP contribution in [0.5, 0.6) is 0 Å². The summed E-state index contributed by atoms with van der Waals surface area (Å²) in [5.41, 5.74) is 6.02. The molecule has 2 N–H and O–H groups in total. The molecule has 1 unspecified atom stereocenters. The lowest BCUT2D eigenvalue weighted by atomic mass is 10.1. The van der Waals surface area contributed by atoms with Crippen LogP contribution in [0.3, 0.4) is 0 Å². The fourth-order valence-corrected chi connectivity index (χ4v) is 0.779. The number of carbonyl (C=O) groups excluding carboxylic acids is 1. The van der Waals surface area contributed by atoms with Gasteiger partial charge in [-0.1, -0.05) is 0 Å². The summed E-state index contributed by atoms with van der Waals surface area (Å²) in [6.45, 7) is 1.67. The molecular weight excluding hydrogens is 140 g/mol. The van der Waals surface area contributed by atoms with Gasteiger partial charge in [0.1, 0.15) is 0 Å². The first-order valence-electron chi connectivity index (χ1n) is 3.41. The van der Waals surface area contributed by atoms with Crippen molar-refractivity contribution in [3.05, 3.63) is 30.1 Å². The van der Waals surface area contributed by atoms with E-state index in [9.17, 15) is 4.79 Å². The summed E-state index contributed by atoms with van der Waals surface area (Å²) >= 11 is 0. The molecule has 0 aliphatic carbocycles. The largest absolute Gasteiger partial charge is 0.321 e. The summed E-state index contributed by atoms with van der Waals surface area (Å²) < 4.78 is 0. The van der Waals surface area contributed by atoms with Crippen molar-refractivity contribution in [2.45, 2.75) is 13.0 Å². The van der Waals surface area contributed by atoms with Crippen LogP contribution in [0, 0.1) is 0 Å². The quantitative estimate of drug-likeness (QED) is 0.628. The molecule has 58 valence electrons. The van der Waals surface area contributed by atoms with Crippen LogP contribution in [0.2, 0.25) is 0 Å². The van der Waals surface area contributed by atoms with Crippen molar-refractivity contribution in [1.29, 1.82) is 0 Å². The molecular formula is C8H10N2O. The van der Waals surface area contributed by atoms with Crippen molar-refractivity contribution in [2.24, 2.45) is 5.73 Å². The fourth-order valence-electron chi connectivity index (χ4n) is 0.779. The van der Waals surface area contributed by atoms with E-state index < -0.39 is 6.04 Å². The van der Waals surface area contributed by atoms with E-state index in [1.54, 1.807) is 31.5 Å². The lowest BCUT2D eigenvalue weighted by molar-refractivity contribution is 0.0968. The molecule has 1 heterocycles. The third-order valence-corrected chi connectivity index (χ3v) is 1.38. The highest BCUT2D eigenvalue weighted by molar-refractivity contribution is 5.99. The van der Waals surface area contributed by atoms with Crippen molar-refractivity contribution in [3.63, 3.8) is 0 Å². The third-order valence-electron chi connectivity index (χ3n) is 1.38. The topological polar surface area (TPSA) is 56.0 Å². The molecule has 0 aliphatic rings. The van der Waals surface area contributed by atoms with Gasteiger partial charge in [-0.25, -0.2) is 0 Å². The first-order chi connectivity index (χ1) is 5.22. The molecule has 0 saturated heterocycles. The summed E-state index contributed by atoms with van der Waals surface area (Å²) in [5.74, 6) is -0.0487. The number of hydrogen-bond acceptors (Lipinski definition) is 3. The smallest absolute Gasteiger partial charge is 0.179 e. The Labute approximate surface area is 65.2 Å². The van der Waals surface area contributed by atoms with Crippen LogP contribution in [0.25, 0.3) is 0 Å². The van der Waals surface area contributed by atoms with Crippen LogP contribution < -0.4 is 5.73 Å². The molecule has 1 aromatic heterocycles. The standard InChI is InChI=1S/C8H10N2O/c1-6(9)8(11)7-2-4-10-5-3-7/h2-6H,9H2,1H3. The van der Waals surface area contributed by atoms with E-state index in [2.05, 4.69) is 4.98 Å². The van der Waals surface area contributed by atoms with E-state index in [0.29, 0.717) is 5.56 Å². The number of pyridine rings is 1. The Hall–Kier alpha value is -1.22. The number of rotatable bonds is 2. The van der Waals surface area contributed by atoms with Crippen LogP contribution in [0.4, 0.5) is 0 Å². The molecule has 11 heavy (non-hydrogen) atoms. The first kappa shape index (κ1) is 7.88. The predicted octanol–water partition coefficient (Wildman–Crippen LogP) is 0.612. The molecule has 0 saturated carbocycles. The Kier molecular flexibility index (Phi) is 2.33. The number of nitrogens with two attached hydrogens (primary N) is 1. The number of hydrogen-bond donors (Lipinski definition) is 1. The highest BCUT2D eigenvalue weighted by atomic mass is 16.1. The van der Waals surface area contributed by atoms with Gasteiger partial charge in [0.05, 0.1) is 6.04 Å². The molecule has 0 fully saturated rings. The highest BCUT2D eigenvalue weighted by Gasteiger charge is 2.08. The Bertz CT molecular complexity index is 244. The lowest BCUT2D eigenvalue weighted by Crippen LogP contribution is -2.26. The summed E-state index contributed by atoms with van der Waals surface area (Å²) in [4.78, 5) is 15.0. The van der Waals surface area contributed by atoms with Gasteiger partial charge >= 0.3 is 0 Å². The zero-order chi connectivity index (χ0) is 8.27. The van der Waals surface area contributed by atoms with E-state index >= 15 is 0 Å². The second-order valence-corrected chi connectivity index (χ2v) is 2.39. The van der Waals surface area contributed by atoms with E-state index in [0.717, 1.165) is 0 Å². The van der Waals surface area contributed by atoms with Crippen LogP contribution in [0.15, 0.2) is 24.5 Å². The molecule has 1 atom stereocenters. The Morgan fingerprint density at radius 2 is 2.09 bits per heavy atom. The second kappa shape index (κ2) is 3.25. The number of aromatic nitrogens is 1. The molecule has 0 radical (unpaired) electrons. The SMILES string of the molecule is CC(N)C(=O)c1ccncc1. The third kappa shape index (κ3) is 1.85. The van der Waals surface area contributed by atoms with E-state index in [-0.39, 0.29) is 5.78 Å². The minimum absolute atomic E-state index is 0.0487. The van der Waals surface area contributed by atoms with Gasteiger partial charge in [-0.05, 0) is 19.1 Å². The van der Waals surface area contributed by atoms with Crippen molar-refractivity contribution in [1.82, 2.24) is 4.98 Å². The minimum atomic E-state index is -0.433. The lowest BCUT2D eigenvalue weighted by Gasteiger charge is -2.01. The van der Waals surface area contributed by atoms with E-state index in [4.69, 9.17) is 5.73 Å². The molecule has 0 aromatic carbocycles. The number of Topliss-reactive ketones (excluding diaryl/α,β-unsaturated/α-hetero) is 1. The van der Waals surface area contributed by atoms with Gasteiger partial charge < -0.3 is 5.73 Å². The summed E-state index contributed by atoms with van der Waals surface area (Å²) in [6, 6.07) is 2.88. The normalized spacial score (nSPS) is 12.5. The van der Waals surface area contributed by atoms with Crippen molar-refractivity contribution in [2.75, 3.05) is 0 Å². The van der Waals surface area contributed by atoms with Crippen molar-refractivity contribution >= 4 is 5.78 Å². The Balaban J connectivity index is 2.86. The summed E-state index contributed by atoms with van der Waals surface area (Å²) in [6.07, 6.45) is 3.16. The Morgan fingerprint density at radius 1 is 1.55 bits per heavy atom. The molecule has 0 aliphatic heterocycles. The van der Waals surface area contributed by atoms with Crippen molar-refractivity contribution < 1.29 is 4.79 Å². The van der Waals surface area contributed by atoms with Gasteiger partial charge in [0.2, 0.25) is 0 Å². The van der Waals surface area contributed by atoms with Gasteiger partial charge in [-0.2, -0.15) is 0 Å². The van der Waals surface area contributed by atoms with Crippen LogP contribution in [-0.4, -0.2) is 16.8 Å². The van der Waals surface area contributed by atoms with E-state index in [1.165, 1.54) is 0 Å². The second-order valence-electron chi connectivity index (χ2n) is 2.39. The minimum Gasteiger partial charge on any atom is -0.321 e. The van der Waals surface area contributed by atoms with Gasteiger partial charge in [-0.3, -0.25) is 9.78 Å². The maximum atomic E-state index is 11.2.